The molecule has 0 bridgehead atoms. The molecule has 0 fully saturated rings. The molecular formula is C28H40N2O6. The summed E-state index contributed by atoms with van der Waals surface area (Å²) in [5.74, 6) is -1.52. The number of carbonyl (C=O) groups excluding carboxylic acids is 4. The summed E-state index contributed by atoms with van der Waals surface area (Å²) in [5, 5.41) is 15.9. The van der Waals surface area contributed by atoms with Crippen LogP contribution in [0.2, 0.25) is 0 Å². The molecule has 3 unspecified atom stereocenters. The fraction of sp³-hybridized carbons (Fsp3) is 0.571. The lowest BCUT2D eigenvalue weighted by atomic mass is 9.89. The van der Waals surface area contributed by atoms with Crippen LogP contribution in [0.4, 0.5) is 4.79 Å². The number of amides is 2. The molecule has 0 radical (unpaired) electrons. The lowest BCUT2D eigenvalue weighted by Gasteiger charge is -2.28. The molecule has 36 heavy (non-hydrogen) atoms. The van der Waals surface area contributed by atoms with E-state index in [0.29, 0.717) is 32.1 Å². The van der Waals surface area contributed by atoms with Gasteiger partial charge in [-0.3, -0.25) is 14.4 Å². The van der Waals surface area contributed by atoms with Crippen LogP contribution in [-0.2, 0) is 25.5 Å². The van der Waals surface area contributed by atoms with Crippen LogP contribution < -0.4 is 10.6 Å². The Morgan fingerprint density at radius 2 is 1.78 bits per heavy atom. The first-order chi connectivity index (χ1) is 17.1. The first-order valence-corrected chi connectivity index (χ1v) is 12.7. The van der Waals surface area contributed by atoms with E-state index in [1.165, 1.54) is 13.8 Å². The standard InChI is InChI=1S/C28H40N2O6/c1-18(2)15-25-27(34)29-24(26(33)20(4)32)17-22(19(3)31)13-9-6-10-14-23(36-28(35)30-25)16-21-11-7-5-8-12-21/h5-9,11-12,18,22-26,33H,10,13-17H2,1-4H3,(H,29,34)(H,30,35)/b9-6+/t22?,23?,24-,25-,26?/m0/s1. The highest BCUT2D eigenvalue weighted by Gasteiger charge is 2.32. The molecule has 3 N–H and O–H groups in total. The minimum Gasteiger partial charge on any atom is -0.446 e. The SMILES string of the molecule is CC(=O)C1C/C=C/CCC(Cc2ccccc2)OC(=O)N[C@@H](CC(C)C)C(=O)N[C@H](C(O)C(C)=O)C1. The maximum Gasteiger partial charge on any atom is 0.408 e. The number of cyclic esters (lactones) is 1. The number of allylic oxidation sites excluding steroid dienone is 2. The smallest absolute Gasteiger partial charge is 0.408 e. The third-order valence-electron chi connectivity index (χ3n) is 6.38. The molecule has 0 saturated carbocycles. The van der Waals surface area contributed by atoms with Gasteiger partial charge in [-0.1, -0.05) is 56.3 Å². The average Bonchev–Trinajstić information content (AvgIpc) is 2.81. The molecule has 198 valence electrons. The van der Waals surface area contributed by atoms with Crippen molar-refractivity contribution < 1.29 is 29.0 Å². The molecule has 1 aliphatic rings. The molecule has 1 aromatic carbocycles. The van der Waals surface area contributed by atoms with Crippen LogP contribution in [-0.4, -0.2) is 53.0 Å². The average molecular weight is 501 g/mol. The van der Waals surface area contributed by atoms with Crippen molar-refractivity contribution in [3.8, 4) is 0 Å². The van der Waals surface area contributed by atoms with Gasteiger partial charge in [-0.05, 0) is 57.4 Å². The minimum atomic E-state index is -1.46. The van der Waals surface area contributed by atoms with E-state index in [1.807, 2.05) is 56.3 Å². The van der Waals surface area contributed by atoms with Crippen LogP contribution in [0, 0.1) is 11.8 Å². The molecule has 1 aliphatic heterocycles. The molecule has 1 heterocycles. The summed E-state index contributed by atoms with van der Waals surface area (Å²) in [4.78, 5) is 50.3. The molecule has 2 rings (SSSR count). The first-order valence-electron chi connectivity index (χ1n) is 12.7. The summed E-state index contributed by atoms with van der Waals surface area (Å²) in [6.07, 6.45) is 3.91. The minimum absolute atomic E-state index is 0.0774. The molecule has 5 atom stereocenters. The van der Waals surface area contributed by atoms with E-state index in [4.69, 9.17) is 4.74 Å². The van der Waals surface area contributed by atoms with Gasteiger partial charge < -0.3 is 20.5 Å². The number of aliphatic hydroxyl groups is 1. The third-order valence-corrected chi connectivity index (χ3v) is 6.38. The fourth-order valence-corrected chi connectivity index (χ4v) is 4.34. The fourth-order valence-electron chi connectivity index (χ4n) is 4.34. The van der Waals surface area contributed by atoms with E-state index in [1.54, 1.807) is 0 Å². The second-order valence-corrected chi connectivity index (χ2v) is 10.0. The van der Waals surface area contributed by atoms with Crippen LogP contribution in [0.25, 0.3) is 0 Å². The molecule has 1 aromatic rings. The summed E-state index contributed by atoms with van der Waals surface area (Å²) in [6.45, 7) is 6.56. The highest BCUT2D eigenvalue weighted by Crippen LogP contribution is 2.19. The van der Waals surface area contributed by atoms with Crippen molar-refractivity contribution in [1.82, 2.24) is 10.6 Å². The zero-order valence-corrected chi connectivity index (χ0v) is 21.7. The van der Waals surface area contributed by atoms with E-state index in [0.717, 1.165) is 5.56 Å². The Kier molecular flexibility index (Phi) is 11.8. The second kappa shape index (κ2) is 14.5. The van der Waals surface area contributed by atoms with E-state index >= 15 is 0 Å². The van der Waals surface area contributed by atoms with Gasteiger partial charge >= 0.3 is 6.09 Å². The van der Waals surface area contributed by atoms with Crippen LogP contribution in [0.1, 0.15) is 65.4 Å². The van der Waals surface area contributed by atoms with Crippen LogP contribution in [0.15, 0.2) is 42.5 Å². The van der Waals surface area contributed by atoms with Crippen molar-refractivity contribution in [1.29, 1.82) is 0 Å². The van der Waals surface area contributed by atoms with E-state index in [2.05, 4.69) is 10.6 Å². The quantitative estimate of drug-likeness (QED) is 0.493. The number of Topliss-reactive ketones (excluding diaryl/α,β-unsaturated/α-hetero) is 2. The molecule has 8 nitrogen and oxygen atoms in total. The normalized spacial score (nSPS) is 25.9. The Morgan fingerprint density at radius 3 is 2.39 bits per heavy atom. The van der Waals surface area contributed by atoms with Gasteiger partial charge in [0.1, 0.15) is 24.0 Å². The highest BCUT2D eigenvalue weighted by atomic mass is 16.6. The zero-order chi connectivity index (χ0) is 26.7. The maximum atomic E-state index is 13.2. The molecule has 0 aromatic heterocycles. The molecule has 0 aliphatic carbocycles. The van der Waals surface area contributed by atoms with Crippen molar-refractivity contribution >= 4 is 23.6 Å². The van der Waals surface area contributed by atoms with E-state index in [-0.39, 0.29) is 18.1 Å². The van der Waals surface area contributed by atoms with Crippen LogP contribution in [0.5, 0.6) is 0 Å². The number of hydrogen-bond donors (Lipinski definition) is 3. The summed E-state index contributed by atoms with van der Waals surface area (Å²) < 4.78 is 5.74. The molecule has 8 heteroatoms. The number of benzene rings is 1. The number of nitrogens with one attached hydrogen (secondary N) is 2. The van der Waals surface area contributed by atoms with Crippen molar-refractivity contribution in [2.45, 2.75) is 90.5 Å². The van der Waals surface area contributed by atoms with Crippen molar-refractivity contribution in [2.75, 3.05) is 0 Å². The summed E-state index contributed by atoms with van der Waals surface area (Å²) in [5.41, 5.74) is 1.03. The van der Waals surface area contributed by atoms with Crippen molar-refractivity contribution in [3.63, 3.8) is 0 Å². The van der Waals surface area contributed by atoms with Crippen LogP contribution >= 0.6 is 0 Å². The Labute approximate surface area is 213 Å². The number of ether oxygens (including phenoxy) is 1. The van der Waals surface area contributed by atoms with Gasteiger partial charge in [0, 0.05) is 12.3 Å². The van der Waals surface area contributed by atoms with Gasteiger partial charge in [0.05, 0.1) is 6.04 Å². The van der Waals surface area contributed by atoms with E-state index in [9.17, 15) is 24.3 Å². The summed E-state index contributed by atoms with van der Waals surface area (Å²) >= 11 is 0. The third kappa shape index (κ3) is 9.93. The van der Waals surface area contributed by atoms with Gasteiger partial charge in [-0.25, -0.2) is 4.79 Å². The molecule has 2 amide bonds. The van der Waals surface area contributed by atoms with Gasteiger partial charge in [0.25, 0.3) is 0 Å². The Hall–Kier alpha value is -3.00. The molecule has 0 saturated heterocycles. The number of carbonyl (C=O) groups is 4. The predicted molar refractivity (Wildman–Crippen MR) is 137 cm³/mol. The molecule has 0 spiro atoms. The van der Waals surface area contributed by atoms with Crippen LogP contribution in [0.3, 0.4) is 0 Å². The molecular weight excluding hydrogens is 460 g/mol. The number of aliphatic hydroxyl groups excluding tert-OH is 1. The number of alkyl carbamates (subject to hydrolysis) is 1. The lowest BCUT2D eigenvalue weighted by molar-refractivity contribution is -0.131. The summed E-state index contributed by atoms with van der Waals surface area (Å²) in [7, 11) is 0. The lowest BCUT2D eigenvalue weighted by Crippen LogP contribution is -2.55. The number of rotatable bonds is 7. The number of ketones is 2. The van der Waals surface area contributed by atoms with Crippen molar-refractivity contribution in [2.24, 2.45) is 11.8 Å². The maximum absolute atomic E-state index is 13.2. The number of hydrogen-bond acceptors (Lipinski definition) is 6. The van der Waals surface area contributed by atoms with Gasteiger partial charge in [-0.2, -0.15) is 0 Å². The Bertz CT molecular complexity index is 914. The van der Waals surface area contributed by atoms with Gasteiger partial charge in [0.15, 0.2) is 5.78 Å². The second-order valence-electron chi connectivity index (χ2n) is 10.0. The van der Waals surface area contributed by atoms with Gasteiger partial charge in [-0.15, -0.1) is 0 Å². The Balaban J connectivity index is 2.33. The first kappa shape index (κ1) is 29.2. The summed E-state index contributed by atoms with van der Waals surface area (Å²) in [6, 6.07) is 7.85. The van der Waals surface area contributed by atoms with Gasteiger partial charge in [0.2, 0.25) is 5.91 Å². The monoisotopic (exact) mass is 500 g/mol. The van der Waals surface area contributed by atoms with E-state index < -0.39 is 48.0 Å². The zero-order valence-electron chi connectivity index (χ0n) is 21.7. The largest absolute Gasteiger partial charge is 0.446 e. The highest BCUT2D eigenvalue weighted by molar-refractivity contribution is 5.87. The topological polar surface area (TPSA) is 122 Å². The van der Waals surface area contributed by atoms with Crippen molar-refractivity contribution in [3.05, 3.63) is 48.0 Å². The predicted octanol–water partition coefficient (Wildman–Crippen LogP) is 3.51. The Morgan fingerprint density at radius 1 is 1.08 bits per heavy atom.